The molecule has 5 nitrogen and oxygen atoms in total. The molecule has 0 bridgehead atoms. The minimum absolute atomic E-state index is 0.0391. The highest BCUT2D eigenvalue weighted by molar-refractivity contribution is 7.91. The quantitative estimate of drug-likeness (QED) is 0.566. The molecule has 1 aromatic rings. The molecular weight excluding hydrogens is 242 g/mol. The summed E-state index contributed by atoms with van der Waals surface area (Å²) in [6.07, 6.45) is 1.86. The number of pyridine rings is 1. The Hall–Kier alpha value is -1.24. The number of rotatable bonds is 7. The molecule has 0 saturated heterocycles. The maximum Gasteiger partial charge on any atom is 0.198 e. The molecule has 1 rings (SSSR count). The van der Waals surface area contributed by atoms with Gasteiger partial charge in [-0.25, -0.2) is 13.4 Å². The van der Waals surface area contributed by atoms with Crippen molar-refractivity contribution < 1.29 is 18.3 Å². The van der Waals surface area contributed by atoms with Crippen LogP contribution in [0.1, 0.15) is 0 Å². The molecule has 0 unspecified atom stereocenters. The molecule has 0 aromatic carbocycles. The molecule has 0 radical (unpaired) electrons. The van der Waals surface area contributed by atoms with Gasteiger partial charge in [0.25, 0.3) is 0 Å². The van der Waals surface area contributed by atoms with Gasteiger partial charge in [-0.2, -0.15) is 0 Å². The number of hydrogen-bond acceptors (Lipinski definition) is 5. The van der Waals surface area contributed by atoms with Gasteiger partial charge in [-0.15, -0.1) is 6.58 Å². The number of hydrogen-bond donors (Lipinski definition) is 1. The first-order chi connectivity index (χ1) is 8.06. The second kappa shape index (κ2) is 6.48. The Kier molecular flexibility index (Phi) is 5.27. The van der Waals surface area contributed by atoms with Crippen LogP contribution in [0.25, 0.3) is 0 Å². The summed E-state index contributed by atoms with van der Waals surface area (Å²) in [6, 6.07) is 4.61. The van der Waals surface area contributed by atoms with Gasteiger partial charge in [0, 0.05) is 6.20 Å². The van der Waals surface area contributed by atoms with Gasteiger partial charge in [0.2, 0.25) is 0 Å². The van der Waals surface area contributed by atoms with Crippen LogP contribution >= 0.6 is 0 Å². The minimum Gasteiger partial charge on any atom is -0.390 e. The highest BCUT2D eigenvalue weighted by atomic mass is 32.2. The largest absolute Gasteiger partial charge is 0.390 e. The van der Waals surface area contributed by atoms with E-state index in [-0.39, 0.29) is 18.2 Å². The second-order valence-electron chi connectivity index (χ2n) is 3.43. The van der Waals surface area contributed by atoms with Crippen LogP contribution < -0.4 is 0 Å². The second-order valence-corrected chi connectivity index (χ2v) is 5.41. The molecule has 0 saturated carbocycles. The number of ether oxygens (including phenoxy) is 1. The maximum absolute atomic E-state index is 11.8. The summed E-state index contributed by atoms with van der Waals surface area (Å²) in [5.74, 6) is -0.402. The van der Waals surface area contributed by atoms with Crippen molar-refractivity contribution in [1.82, 2.24) is 4.98 Å². The fraction of sp³-hybridized carbons (Fsp3) is 0.364. The number of aliphatic hydroxyl groups excluding tert-OH is 1. The normalized spacial score (nSPS) is 13.2. The summed E-state index contributed by atoms with van der Waals surface area (Å²) < 4.78 is 28.5. The van der Waals surface area contributed by atoms with Crippen molar-refractivity contribution >= 4 is 9.84 Å². The van der Waals surface area contributed by atoms with Crippen molar-refractivity contribution in [1.29, 1.82) is 0 Å². The highest BCUT2D eigenvalue weighted by Crippen LogP contribution is 2.08. The summed E-state index contributed by atoms with van der Waals surface area (Å²) in [5, 5.41) is 9.47. The fourth-order valence-corrected chi connectivity index (χ4v) is 2.49. The first-order valence-electron chi connectivity index (χ1n) is 5.07. The van der Waals surface area contributed by atoms with Crippen molar-refractivity contribution in [3.8, 4) is 0 Å². The Labute approximate surface area is 101 Å². The van der Waals surface area contributed by atoms with E-state index < -0.39 is 21.7 Å². The first-order valence-corrected chi connectivity index (χ1v) is 6.72. The molecule has 1 N–H and O–H groups in total. The van der Waals surface area contributed by atoms with Gasteiger partial charge >= 0.3 is 0 Å². The lowest BCUT2D eigenvalue weighted by molar-refractivity contribution is 0.0615. The average Bonchev–Trinajstić information content (AvgIpc) is 2.30. The van der Waals surface area contributed by atoms with Crippen LogP contribution in [0.5, 0.6) is 0 Å². The maximum atomic E-state index is 11.8. The Bertz CT molecular complexity index is 444. The minimum atomic E-state index is -3.56. The van der Waals surface area contributed by atoms with Crippen LogP contribution in [0.4, 0.5) is 0 Å². The van der Waals surface area contributed by atoms with Crippen molar-refractivity contribution in [2.24, 2.45) is 0 Å². The van der Waals surface area contributed by atoms with E-state index in [1.165, 1.54) is 18.3 Å². The molecule has 0 fully saturated rings. The van der Waals surface area contributed by atoms with E-state index in [4.69, 9.17) is 4.74 Å². The summed E-state index contributed by atoms with van der Waals surface area (Å²) in [6.45, 7) is 3.68. The van der Waals surface area contributed by atoms with Crippen molar-refractivity contribution in [3.63, 3.8) is 0 Å². The molecule has 0 amide bonds. The van der Waals surface area contributed by atoms with E-state index >= 15 is 0 Å². The number of aliphatic hydroxyl groups is 1. The lowest BCUT2D eigenvalue weighted by Gasteiger charge is -2.10. The monoisotopic (exact) mass is 257 g/mol. The first kappa shape index (κ1) is 13.8. The Morgan fingerprint density at radius 2 is 2.29 bits per heavy atom. The van der Waals surface area contributed by atoms with Crippen LogP contribution in [0.15, 0.2) is 42.1 Å². The fourth-order valence-electron chi connectivity index (χ4n) is 1.21. The van der Waals surface area contributed by atoms with E-state index in [0.717, 1.165) is 0 Å². The van der Waals surface area contributed by atoms with E-state index in [0.29, 0.717) is 0 Å². The predicted molar refractivity (Wildman–Crippen MR) is 63.3 cm³/mol. The Morgan fingerprint density at radius 3 is 2.88 bits per heavy atom. The molecule has 0 aliphatic rings. The van der Waals surface area contributed by atoms with Gasteiger partial charge in [0.05, 0.1) is 25.1 Å². The topological polar surface area (TPSA) is 76.5 Å². The van der Waals surface area contributed by atoms with E-state index in [2.05, 4.69) is 11.6 Å². The van der Waals surface area contributed by atoms with Crippen molar-refractivity contribution in [2.45, 2.75) is 11.1 Å². The third kappa shape index (κ3) is 4.64. The van der Waals surface area contributed by atoms with Gasteiger partial charge < -0.3 is 9.84 Å². The van der Waals surface area contributed by atoms with Gasteiger partial charge in [0.15, 0.2) is 14.9 Å². The number of sulfone groups is 1. The molecule has 0 aliphatic heterocycles. The summed E-state index contributed by atoms with van der Waals surface area (Å²) in [4.78, 5) is 3.74. The lowest BCUT2D eigenvalue weighted by Crippen LogP contribution is -2.26. The van der Waals surface area contributed by atoms with Crippen LogP contribution in [-0.2, 0) is 14.6 Å². The van der Waals surface area contributed by atoms with Crippen LogP contribution in [0.2, 0.25) is 0 Å². The summed E-state index contributed by atoms with van der Waals surface area (Å²) in [5.41, 5.74) is 0. The third-order valence-corrected chi connectivity index (χ3v) is 3.62. The Morgan fingerprint density at radius 1 is 1.53 bits per heavy atom. The SMILES string of the molecule is C=CCOC[C@H](O)CS(=O)(=O)c1ccccn1. The van der Waals surface area contributed by atoms with Gasteiger partial charge in [0.1, 0.15) is 0 Å². The lowest BCUT2D eigenvalue weighted by atomic mass is 10.4. The van der Waals surface area contributed by atoms with E-state index in [9.17, 15) is 13.5 Å². The van der Waals surface area contributed by atoms with Crippen LogP contribution in [-0.4, -0.2) is 43.6 Å². The summed E-state index contributed by atoms with van der Waals surface area (Å²) >= 11 is 0. The molecule has 1 atom stereocenters. The van der Waals surface area contributed by atoms with Crippen LogP contribution in [0.3, 0.4) is 0 Å². The zero-order valence-corrected chi connectivity index (χ0v) is 10.1. The molecule has 94 valence electrons. The molecule has 6 heteroatoms. The van der Waals surface area contributed by atoms with Crippen molar-refractivity contribution in [2.75, 3.05) is 19.0 Å². The van der Waals surface area contributed by atoms with Gasteiger partial charge in [-0.05, 0) is 12.1 Å². The smallest absolute Gasteiger partial charge is 0.198 e. The number of aromatic nitrogens is 1. The van der Waals surface area contributed by atoms with E-state index in [1.54, 1.807) is 12.1 Å². The Balaban J connectivity index is 2.58. The molecule has 0 aliphatic carbocycles. The van der Waals surface area contributed by atoms with E-state index in [1.807, 2.05) is 0 Å². The van der Waals surface area contributed by atoms with Gasteiger partial charge in [-0.3, -0.25) is 0 Å². The highest BCUT2D eigenvalue weighted by Gasteiger charge is 2.20. The third-order valence-electron chi connectivity index (χ3n) is 1.91. The zero-order valence-electron chi connectivity index (χ0n) is 9.32. The van der Waals surface area contributed by atoms with Gasteiger partial charge in [-0.1, -0.05) is 12.1 Å². The molecule has 17 heavy (non-hydrogen) atoms. The summed E-state index contributed by atoms with van der Waals surface area (Å²) in [7, 11) is -3.56. The number of nitrogens with zero attached hydrogens (tertiary/aromatic N) is 1. The zero-order chi connectivity index (χ0) is 12.7. The van der Waals surface area contributed by atoms with Crippen LogP contribution in [0, 0.1) is 0 Å². The molecule has 1 aromatic heterocycles. The predicted octanol–water partition coefficient (Wildman–Crippen LogP) is 0.419. The van der Waals surface area contributed by atoms with Crippen molar-refractivity contribution in [3.05, 3.63) is 37.1 Å². The molecule has 1 heterocycles. The average molecular weight is 257 g/mol. The molecular formula is C11H15NO4S. The molecule has 0 spiro atoms. The standard InChI is InChI=1S/C11H15NO4S/c1-2-7-16-8-10(13)9-17(14,15)11-5-3-4-6-12-11/h2-6,10,13H,1,7-9H2/t10-/m0/s1.